The molecule has 2 atom stereocenters. The van der Waals surface area contributed by atoms with Crippen LogP contribution in [0.2, 0.25) is 0 Å². The zero-order chi connectivity index (χ0) is 14.2. The summed E-state index contributed by atoms with van der Waals surface area (Å²) in [5.41, 5.74) is 2.28. The number of piperazine rings is 1. The zero-order valence-electron chi connectivity index (χ0n) is 12.9. The van der Waals surface area contributed by atoms with Crippen LogP contribution in [0, 0.1) is 11.8 Å². The summed E-state index contributed by atoms with van der Waals surface area (Å²) < 4.78 is 0. The molecule has 3 nitrogen and oxygen atoms in total. The third-order valence-electron chi connectivity index (χ3n) is 4.85. The van der Waals surface area contributed by atoms with Crippen LogP contribution in [0.3, 0.4) is 0 Å². The van der Waals surface area contributed by atoms with Gasteiger partial charge in [0.1, 0.15) is 0 Å². The number of rotatable bonds is 5. The molecule has 1 N–H and O–H groups in total. The van der Waals surface area contributed by atoms with Crippen LogP contribution < -0.4 is 5.32 Å². The molecule has 1 aromatic heterocycles. The van der Waals surface area contributed by atoms with Crippen LogP contribution in [0.5, 0.6) is 0 Å². The molecule has 0 radical (unpaired) electrons. The van der Waals surface area contributed by atoms with Gasteiger partial charge in [-0.2, -0.15) is 0 Å². The fourth-order valence-electron chi connectivity index (χ4n) is 3.56. The van der Waals surface area contributed by atoms with Gasteiger partial charge in [0.15, 0.2) is 0 Å². The molecule has 2 aliphatic rings. The van der Waals surface area contributed by atoms with Crippen LogP contribution >= 0.6 is 11.3 Å². The highest BCUT2D eigenvalue weighted by Gasteiger charge is 2.45. The minimum absolute atomic E-state index is 0.332. The largest absolute Gasteiger partial charge is 0.308 e. The average molecular weight is 293 g/mol. The van der Waals surface area contributed by atoms with Gasteiger partial charge in [0.25, 0.3) is 0 Å². The maximum Gasteiger partial charge on any atom is 0.0794 e. The Hall–Kier alpha value is -0.450. The summed E-state index contributed by atoms with van der Waals surface area (Å²) in [5.74, 6) is 1.66. The van der Waals surface area contributed by atoms with Crippen molar-refractivity contribution in [3.05, 3.63) is 16.6 Å². The van der Waals surface area contributed by atoms with Crippen LogP contribution in [0.4, 0.5) is 0 Å². The van der Waals surface area contributed by atoms with E-state index in [0.717, 1.165) is 24.9 Å². The molecular formula is C16H27N3S. The maximum absolute atomic E-state index is 4.23. The molecule has 20 heavy (non-hydrogen) atoms. The Morgan fingerprint density at radius 3 is 2.90 bits per heavy atom. The third-order valence-corrected chi connectivity index (χ3v) is 5.62. The molecule has 2 heterocycles. The number of nitrogens with one attached hydrogen (secondary N) is 1. The molecular weight excluding hydrogens is 266 g/mol. The average Bonchev–Trinajstić information content (AvgIpc) is 3.13. The topological polar surface area (TPSA) is 28.2 Å². The first-order chi connectivity index (χ1) is 9.57. The van der Waals surface area contributed by atoms with E-state index < -0.39 is 0 Å². The summed E-state index contributed by atoms with van der Waals surface area (Å²) in [6.07, 6.45) is 6.14. The van der Waals surface area contributed by atoms with Crippen molar-refractivity contribution in [2.45, 2.75) is 58.2 Å². The van der Waals surface area contributed by atoms with Crippen LogP contribution in [-0.2, 0) is 6.54 Å². The number of aromatic nitrogens is 1. The van der Waals surface area contributed by atoms with Crippen LogP contribution in [0.1, 0.15) is 44.9 Å². The lowest BCUT2D eigenvalue weighted by atomic mass is 9.89. The molecule has 2 unspecified atom stereocenters. The SMILES string of the molecule is CC(C)CC1CNC(C)(C2CC2)CN1Cc1cncs1. The molecule has 0 aromatic carbocycles. The summed E-state index contributed by atoms with van der Waals surface area (Å²) in [5, 5.41) is 3.87. The van der Waals surface area contributed by atoms with Crippen molar-refractivity contribution in [2.75, 3.05) is 13.1 Å². The Morgan fingerprint density at radius 1 is 1.50 bits per heavy atom. The van der Waals surface area contributed by atoms with Gasteiger partial charge in [0.2, 0.25) is 0 Å². The van der Waals surface area contributed by atoms with Gasteiger partial charge in [0.05, 0.1) is 5.51 Å². The fourth-order valence-corrected chi connectivity index (χ4v) is 4.18. The fraction of sp³-hybridized carbons (Fsp3) is 0.812. The third kappa shape index (κ3) is 3.23. The first kappa shape index (κ1) is 14.5. The van der Waals surface area contributed by atoms with E-state index in [2.05, 4.69) is 36.0 Å². The van der Waals surface area contributed by atoms with Crippen LogP contribution in [0.15, 0.2) is 11.7 Å². The van der Waals surface area contributed by atoms with Gasteiger partial charge >= 0.3 is 0 Å². The predicted molar refractivity (Wildman–Crippen MR) is 84.9 cm³/mol. The van der Waals surface area contributed by atoms with Crippen LogP contribution in [-0.4, -0.2) is 34.6 Å². The van der Waals surface area contributed by atoms with E-state index in [0.29, 0.717) is 11.6 Å². The molecule has 3 rings (SSSR count). The second-order valence-electron chi connectivity index (χ2n) is 7.23. The lowest BCUT2D eigenvalue weighted by molar-refractivity contribution is 0.0589. The molecule has 1 aliphatic heterocycles. The van der Waals surface area contributed by atoms with Gasteiger partial charge in [-0.3, -0.25) is 9.88 Å². The van der Waals surface area contributed by atoms with Crippen molar-refractivity contribution in [2.24, 2.45) is 11.8 Å². The normalized spacial score (nSPS) is 31.9. The van der Waals surface area contributed by atoms with Gasteiger partial charge in [-0.1, -0.05) is 13.8 Å². The van der Waals surface area contributed by atoms with Gasteiger partial charge in [-0.15, -0.1) is 11.3 Å². The highest BCUT2D eigenvalue weighted by Crippen LogP contribution is 2.42. The van der Waals surface area contributed by atoms with Gasteiger partial charge < -0.3 is 5.32 Å². The van der Waals surface area contributed by atoms with E-state index >= 15 is 0 Å². The summed E-state index contributed by atoms with van der Waals surface area (Å²) in [4.78, 5) is 8.35. The highest BCUT2D eigenvalue weighted by atomic mass is 32.1. The van der Waals surface area contributed by atoms with Crippen LogP contribution in [0.25, 0.3) is 0 Å². The van der Waals surface area contributed by atoms with Crippen molar-refractivity contribution in [3.8, 4) is 0 Å². The summed E-state index contributed by atoms with van der Waals surface area (Å²) in [7, 11) is 0. The van der Waals surface area contributed by atoms with Crippen molar-refractivity contribution >= 4 is 11.3 Å². The van der Waals surface area contributed by atoms with E-state index in [9.17, 15) is 0 Å². The summed E-state index contributed by atoms with van der Waals surface area (Å²) in [6, 6.07) is 0.670. The first-order valence-electron chi connectivity index (χ1n) is 7.93. The quantitative estimate of drug-likeness (QED) is 0.904. The Bertz CT molecular complexity index is 427. The minimum Gasteiger partial charge on any atom is -0.308 e. The second kappa shape index (κ2) is 5.74. The Balaban J connectivity index is 1.71. The van der Waals surface area contributed by atoms with Crippen molar-refractivity contribution in [1.82, 2.24) is 15.2 Å². The molecule has 1 saturated carbocycles. The number of thiazole rings is 1. The monoisotopic (exact) mass is 293 g/mol. The minimum atomic E-state index is 0.332. The van der Waals surface area contributed by atoms with Crippen molar-refractivity contribution < 1.29 is 0 Å². The number of nitrogens with zero attached hydrogens (tertiary/aromatic N) is 2. The lowest BCUT2D eigenvalue weighted by Gasteiger charge is -2.47. The van der Waals surface area contributed by atoms with E-state index in [1.165, 1.54) is 30.7 Å². The standard InChI is InChI=1S/C16H27N3S/c1-12(2)6-14-7-18-16(3,13-4-5-13)10-19(14)9-15-8-17-11-20-15/h8,11-14,18H,4-7,9-10H2,1-3H3. The van der Waals surface area contributed by atoms with Crippen molar-refractivity contribution in [3.63, 3.8) is 0 Å². The molecule has 4 heteroatoms. The maximum atomic E-state index is 4.23. The van der Waals surface area contributed by atoms with Gasteiger partial charge in [-0.05, 0) is 38.0 Å². The van der Waals surface area contributed by atoms with E-state index in [1.807, 2.05) is 11.7 Å². The number of hydrogen-bond donors (Lipinski definition) is 1. The van der Waals surface area contributed by atoms with Gasteiger partial charge in [-0.25, -0.2) is 0 Å². The molecule has 2 fully saturated rings. The molecule has 1 aliphatic carbocycles. The Kier molecular flexibility index (Phi) is 4.16. The molecule has 0 amide bonds. The van der Waals surface area contributed by atoms with E-state index in [-0.39, 0.29) is 0 Å². The second-order valence-corrected chi connectivity index (χ2v) is 8.20. The summed E-state index contributed by atoms with van der Waals surface area (Å²) in [6.45, 7) is 10.5. The molecule has 0 bridgehead atoms. The lowest BCUT2D eigenvalue weighted by Crippen LogP contribution is -2.63. The Morgan fingerprint density at radius 2 is 2.30 bits per heavy atom. The molecule has 1 aromatic rings. The van der Waals surface area contributed by atoms with Crippen molar-refractivity contribution in [1.29, 1.82) is 0 Å². The molecule has 1 saturated heterocycles. The molecule has 112 valence electrons. The smallest absolute Gasteiger partial charge is 0.0794 e. The van der Waals surface area contributed by atoms with Gasteiger partial charge in [0, 0.05) is 42.3 Å². The highest BCUT2D eigenvalue weighted by molar-refractivity contribution is 7.09. The van der Waals surface area contributed by atoms with E-state index in [1.54, 1.807) is 11.3 Å². The number of hydrogen-bond acceptors (Lipinski definition) is 4. The zero-order valence-corrected chi connectivity index (χ0v) is 13.7. The van der Waals surface area contributed by atoms with E-state index in [4.69, 9.17) is 0 Å². The Labute approximate surface area is 126 Å². The first-order valence-corrected chi connectivity index (χ1v) is 8.81. The molecule has 0 spiro atoms. The predicted octanol–water partition coefficient (Wildman–Crippen LogP) is 3.13. The summed E-state index contributed by atoms with van der Waals surface area (Å²) >= 11 is 1.79.